The van der Waals surface area contributed by atoms with E-state index in [1.165, 1.54) is 6.07 Å². The monoisotopic (exact) mass is 267 g/mol. The van der Waals surface area contributed by atoms with Gasteiger partial charge in [-0.1, -0.05) is 13.8 Å². The topological polar surface area (TPSA) is 76.2 Å². The molecule has 1 fully saturated rings. The van der Waals surface area contributed by atoms with Crippen molar-refractivity contribution in [2.24, 2.45) is 0 Å². The molecule has 6 nitrogen and oxygen atoms in total. The minimum absolute atomic E-state index is 0.143. The van der Waals surface area contributed by atoms with Crippen LogP contribution in [0.25, 0.3) is 0 Å². The van der Waals surface area contributed by atoms with Crippen molar-refractivity contribution in [1.82, 2.24) is 9.97 Å². The van der Waals surface area contributed by atoms with Crippen molar-refractivity contribution in [3.63, 3.8) is 0 Å². The summed E-state index contributed by atoms with van der Waals surface area (Å²) in [5.74, 6) is 1.44. The highest BCUT2D eigenvalue weighted by molar-refractivity contribution is 5.34. The normalized spacial score (nSPS) is 22.9. The van der Waals surface area contributed by atoms with E-state index in [9.17, 15) is 4.79 Å². The molecule has 1 aromatic rings. The zero-order valence-electron chi connectivity index (χ0n) is 11.7. The fraction of sp³-hybridized carbons (Fsp3) is 0.692. The molecule has 0 spiro atoms. The molecule has 0 radical (unpaired) electrons. The molecule has 0 aromatic carbocycles. The summed E-state index contributed by atoms with van der Waals surface area (Å²) in [7, 11) is 1.68. The number of aromatic amines is 1. The lowest BCUT2D eigenvalue weighted by Gasteiger charge is -2.26. The van der Waals surface area contributed by atoms with Crippen LogP contribution in [0.4, 0.5) is 5.82 Å². The molecule has 19 heavy (non-hydrogen) atoms. The van der Waals surface area contributed by atoms with E-state index in [-0.39, 0.29) is 17.1 Å². The molecule has 1 aliphatic rings. The molecule has 0 bridgehead atoms. The fourth-order valence-corrected chi connectivity index (χ4v) is 2.05. The predicted octanol–water partition coefficient (Wildman–Crippen LogP) is 1.11. The molecule has 1 saturated heterocycles. The van der Waals surface area contributed by atoms with Gasteiger partial charge < -0.3 is 19.8 Å². The van der Waals surface area contributed by atoms with Crippen molar-refractivity contribution in [3.8, 4) is 0 Å². The van der Waals surface area contributed by atoms with Gasteiger partial charge in [-0.25, -0.2) is 4.98 Å². The molecule has 0 amide bonds. The van der Waals surface area contributed by atoms with Crippen molar-refractivity contribution < 1.29 is 9.47 Å². The lowest BCUT2D eigenvalue weighted by atomic mass is 10.0. The number of rotatable bonds is 5. The van der Waals surface area contributed by atoms with Crippen LogP contribution in [0.3, 0.4) is 0 Å². The van der Waals surface area contributed by atoms with Crippen LogP contribution in [0.2, 0.25) is 0 Å². The molecule has 2 N–H and O–H groups in total. The molecule has 106 valence electrons. The van der Waals surface area contributed by atoms with Crippen LogP contribution < -0.4 is 10.9 Å². The first kappa shape index (κ1) is 14.0. The maximum Gasteiger partial charge on any atom is 0.252 e. The molecule has 1 aliphatic heterocycles. The average molecular weight is 267 g/mol. The van der Waals surface area contributed by atoms with Crippen LogP contribution in [0, 0.1) is 0 Å². The standard InChI is InChI=1S/C13H21N3O3/c1-9(2)12-15-10(6-11(17)16-12)14-7-13(18-3)4-5-19-8-13/h6,9H,4-5,7-8H2,1-3H3,(H2,14,15,16,17). The van der Waals surface area contributed by atoms with E-state index >= 15 is 0 Å². The van der Waals surface area contributed by atoms with Gasteiger partial charge in [0.1, 0.15) is 17.2 Å². The van der Waals surface area contributed by atoms with E-state index in [1.807, 2.05) is 13.8 Å². The fourth-order valence-electron chi connectivity index (χ4n) is 2.05. The molecule has 2 heterocycles. The summed E-state index contributed by atoms with van der Waals surface area (Å²) in [6.07, 6.45) is 0.844. The summed E-state index contributed by atoms with van der Waals surface area (Å²) >= 11 is 0. The van der Waals surface area contributed by atoms with E-state index in [4.69, 9.17) is 9.47 Å². The average Bonchev–Trinajstić information content (AvgIpc) is 2.85. The summed E-state index contributed by atoms with van der Waals surface area (Å²) < 4.78 is 10.9. The van der Waals surface area contributed by atoms with Crippen molar-refractivity contribution in [2.75, 3.05) is 32.2 Å². The zero-order chi connectivity index (χ0) is 13.9. The van der Waals surface area contributed by atoms with Gasteiger partial charge in [-0.05, 0) is 0 Å². The lowest BCUT2D eigenvalue weighted by Crippen LogP contribution is -2.40. The first-order valence-electron chi connectivity index (χ1n) is 6.53. The maximum absolute atomic E-state index is 11.6. The van der Waals surface area contributed by atoms with Gasteiger partial charge in [0, 0.05) is 38.7 Å². The number of hydrogen-bond donors (Lipinski definition) is 2. The number of anilines is 1. The van der Waals surface area contributed by atoms with E-state index in [0.717, 1.165) is 6.42 Å². The Bertz CT molecular complexity index is 478. The van der Waals surface area contributed by atoms with E-state index < -0.39 is 0 Å². The summed E-state index contributed by atoms with van der Waals surface area (Å²) in [5, 5.41) is 3.18. The smallest absolute Gasteiger partial charge is 0.252 e. The summed E-state index contributed by atoms with van der Waals surface area (Å²) in [6.45, 7) is 5.83. The molecule has 6 heteroatoms. The molecular formula is C13H21N3O3. The Hall–Kier alpha value is -1.40. The molecule has 1 atom stereocenters. The molecule has 0 saturated carbocycles. The number of nitrogens with zero attached hydrogens (tertiary/aromatic N) is 1. The number of methoxy groups -OCH3 is 1. The first-order valence-corrected chi connectivity index (χ1v) is 6.53. The van der Waals surface area contributed by atoms with Gasteiger partial charge in [-0.15, -0.1) is 0 Å². The number of aromatic nitrogens is 2. The lowest BCUT2D eigenvalue weighted by molar-refractivity contribution is -0.00625. The van der Waals surface area contributed by atoms with Crippen LogP contribution in [-0.2, 0) is 9.47 Å². The highest BCUT2D eigenvalue weighted by Crippen LogP contribution is 2.22. The third kappa shape index (κ3) is 3.33. The molecule has 2 rings (SSSR count). The van der Waals surface area contributed by atoms with Crippen LogP contribution >= 0.6 is 0 Å². The zero-order valence-corrected chi connectivity index (χ0v) is 11.7. The van der Waals surface area contributed by atoms with Gasteiger partial charge in [-0.3, -0.25) is 4.79 Å². The van der Waals surface area contributed by atoms with Gasteiger partial charge in [0.05, 0.1) is 6.61 Å². The molecular weight excluding hydrogens is 246 g/mol. The van der Waals surface area contributed by atoms with Gasteiger partial charge in [0.15, 0.2) is 0 Å². The molecule has 1 unspecified atom stereocenters. The quantitative estimate of drug-likeness (QED) is 0.835. The van der Waals surface area contributed by atoms with E-state index in [1.54, 1.807) is 7.11 Å². The second-order valence-corrected chi connectivity index (χ2v) is 5.21. The van der Waals surface area contributed by atoms with Gasteiger partial charge in [0.2, 0.25) is 0 Å². The second-order valence-electron chi connectivity index (χ2n) is 5.21. The van der Waals surface area contributed by atoms with Crippen LogP contribution in [0.15, 0.2) is 10.9 Å². The van der Waals surface area contributed by atoms with Crippen molar-refractivity contribution in [2.45, 2.75) is 31.8 Å². The van der Waals surface area contributed by atoms with Gasteiger partial charge in [-0.2, -0.15) is 0 Å². The Morgan fingerprint density at radius 3 is 3.00 bits per heavy atom. The minimum atomic E-state index is -0.317. The van der Waals surface area contributed by atoms with Crippen LogP contribution in [-0.4, -0.2) is 42.4 Å². The summed E-state index contributed by atoms with van der Waals surface area (Å²) in [6, 6.07) is 1.46. The van der Waals surface area contributed by atoms with Crippen LogP contribution in [0.5, 0.6) is 0 Å². The number of hydrogen-bond acceptors (Lipinski definition) is 5. The highest BCUT2D eigenvalue weighted by atomic mass is 16.5. The Morgan fingerprint density at radius 2 is 2.42 bits per heavy atom. The highest BCUT2D eigenvalue weighted by Gasteiger charge is 2.34. The second kappa shape index (κ2) is 5.71. The third-order valence-corrected chi connectivity index (χ3v) is 3.40. The molecule has 1 aromatic heterocycles. The number of ether oxygens (including phenoxy) is 2. The van der Waals surface area contributed by atoms with Gasteiger partial charge in [0.25, 0.3) is 5.56 Å². The number of H-pyrrole nitrogens is 1. The maximum atomic E-state index is 11.6. The molecule has 0 aliphatic carbocycles. The van der Waals surface area contributed by atoms with Crippen molar-refractivity contribution in [1.29, 1.82) is 0 Å². The van der Waals surface area contributed by atoms with Crippen molar-refractivity contribution >= 4 is 5.82 Å². The predicted molar refractivity (Wildman–Crippen MR) is 72.6 cm³/mol. The first-order chi connectivity index (χ1) is 9.04. The van der Waals surface area contributed by atoms with Crippen LogP contribution in [0.1, 0.15) is 32.0 Å². The minimum Gasteiger partial charge on any atom is -0.378 e. The summed E-state index contributed by atoms with van der Waals surface area (Å²) in [5.41, 5.74) is -0.460. The van der Waals surface area contributed by atoms with E-state index in [2.05, 4.69) is 15.3 Å². The van der Waals surface area contributed by atoms with E-state index in [0.29, 0.717) is 31.4 Å². The Kier molecular flexibility index (Phi) is 4.21. The number of nitrogens with one attached hydrogen (secondary N) is 2. The Labute approximate surface area is 112 Å². The Morgan fingerprint density at radius 1 is 1.63 bits per heavy atom. The largest absolute Gasteiger partial charge is 0.378 e. The van der Waals surface area contributed by atoms with Gasteiger partial charge >= 0.3 is 0 Å². The summed E-state index contributed by atoms with van der Waals surface area (Å²) in [4.78, 5) is 18.7. The third-order valence-electron chi connectivity index (χ3n) is 3.40. The Balaban J connectivity index is 2.09. The van der Waals surface area contributed by atoms with Crippen molar-refractivity contribution in [3.05, 3.63) is 22.2 Å². The SMILES string of the molecule is COC1(CNc2cc(=O)[nH]c(C(C)C)n2)CCOC1.